The van der Waals surface area contributed by atoms with Crippen LogP contribution in [0.15, 0.2) is 53.3 Å². The van der Waals surface area contributed by atoms with Crippen molar-refractivity contribution in [3.63, 3.8) is 0 Å². The Morgan fingerprint density at radius 2 is 1.83 bits per heavy atom. The van der Waals surface area contributed by atoms with Crippen LogP contribution in [0.2, 0.25) is 0 Å². The SMILES string of the molecule is Cc1noc(-c2ncn3c2Cc2c(Cc4ccc(F)cc4)nnn2-c2cc(C(F)(F)F)ccc2-3)n1. The minimum Gasteiger partial charge on any atom is -0.332 e. The first-order valence-electron chi connectivity index (χ1n) is 10.5. The van der Waals surface area contributed by atoms with E-state index in [1.54, 1.807) is 23.6 Å². The van der Waals surface area contributed by atoms with Gasteiger partial charge in [0.25, 0.3) is 5.89 Å². The lowest BCUT2D eigenvalue weighted by Gasteiger charge is -2.13. The Morgan fingerprint density at radius 1 is 1.03 bits per heavy atom. The number of fused-ring (bicyclic) bond motifs is 5. The number of hydrogen-bond acceptors (Lipinski definition) is 6. The molecule has 0 saturated heterocycles. The minimum absolute atomic E-state index is 0.200. The van der Waals surface area contributed by atoms with Crippen molar-refractivity contribution in [1.82, 2.24) is 34.7 Å². The van der Waals surface area contributed by atoms with E-state index < -0.39 is 11.7 Å². The van der Waals surface area contributed by atoms with Crippen molar-refractivity contribution >= 4 is 0 Å². The number of nitrogens with zero attached hydrogens (tertiary/aromatic N) is 7. The third-order valence-electron chi connectivity index (χ3n) is 5.85. The van der Waals surface area contributed by atoms with Gasteiger partial charge < -0.3 is 4.52 Å². The summed E-state index contributed by atoms with van der Waals surface area (Å²) >= 11 is 0. The molecular weight excluding hydrogens is 466 g/mol. The quantitative estimate of drug-likeness (QED) is 0.347. The molecule has 12 heteroatoms. The minimum atomic E-state index is -4.54. The zero-order valence-electron chi connectivity index (χ0n) is 18.1. The van der Waals surface area contributed by atoms with Gasteiger partial charge in [0.15, 0.2) is 11.5 Å². The summed E-state index contributed by atoms with van der Waals surface area (Å²) in [7, 11) is 0. The molecule has 4 heterocycles. The second-order valence-electron chi connectivity index (χ2n) is 8.13. The lowest BCUT2D eigenvalue weighted by Crippen LogP contribution is -2.09. The number of alkyl halides is 3. The van der Waals surface area contributed by atoms with Gasteiger partial charge in [-0.05, 0) is 42.8 Å². The molecule has 176 valence electrons. The molecular formula is C23H15F4N7O. The molecule has 8 nitrogen and oxygen atoms in total. The Morgan fingerprint density at radius 3 is 2.54 bits per heavy atom. The maximum absolute atomic E-state index is 13.6. The van der Waals surface area contributed by atoms with E-state index in [0.717, 1.165) is 17.7 Å². The fourth-order valence-corrected chi connectivity index (χ4v) is 4.19. The first kappa shape index (κ1) is 21.2. The van der Waals surface area contributed by atoms with Gasteiger partial charge in [-0.3, -0.25) is 4.57 Å². The lowest BCUT2D eigenvalue weighted by molar-refractivity contribution is -0.137. The maximum Gasteiger partial charge on any atom is 0.416 e. The van der Waals surface area contributed by atoms with E-state index in [1.165, 1.54) is 29.2 Å². The zero-order chi connectivity index (χ0) is 24.3. The van der Waals surface area contributed by atoms with Gasteiger partial charge >= 0.3 is 6.18 Å². The summed E-state index contributed by atoms with van der Waals surface area (Å²) in [6.45, 7) is 1.68. The van der Waals surface area contributed by atoms with Gasteiger partial charge in [0.05, 0.1) is 34.0 Å². The van der Waals surface area contributed by atoms with Crippen LogP contribution in [0.3, 0.4) is 0 Å². The molecule has 0 spiro atoms. The summed E-state index contributed by atoms with van der Waals surface area (Å²) in [4.78, 5) is 8.69. The fraction of sp³-hybridized carbons (Fsp3) is 0.174. The van der Waals surface area contributed by atoms with Crippen LogP contribution in [0, 0.1) is 12.7 Å². The maximum atomic E-state index is 13.6. The van der Waals surface area contributed by atoms with E-state index in [1.807, 2.05) is 0 Å². The molecule has 0 atom stereocenters. The molecule has 0 amide bonds. The Kier molecular flexibility index (Phi) is 4.59. The van der Waals surface area contributed by atoms with Crippen molar-refractivity contribution < 1.29 is 22.1 Å². The van der Waals surface area contributed by atoms with Gasteiger partial charge in [0.2, 0.25) is 0 Å². The number of imidazole rings is 1. The second kappa shape index (κ2) is 7.58. The van der Waals surface area contributed by atoms with Crippen LogP contribution >= 0.6 is 0 Å². The fourth-order valence-electron chi connectivity index (χ4n) is 4.19. The molecule has 0 saturated carbocycles. The number of rotatable bonds is 3. The number of aromatic nitrogens is 7. The zero-order valence-corrected chi connectivity index (χ0v) is 18.1. The largest absolute Gasteiger partial charge is 0.416 e. The number of hydrogen-bond donors (Lipinski definition) is 0. The average Bonchev–Trinajstić information content (AvgIpc) is 3.52. The number of aryl methyl sites for hydroxylation is 1. The van der Waals surface area contributed by atoms with Crippen molar-refractivity contribution in [2.45, 2.75) is 25.9 Å². The van der Waals surface area contributed by atoms with Gasteiger partial charge in [-0.25, -0.2) is 14.1 Å². The predicted molar refractivity (Wildman–Crippen MR) is 114 cm³/mol. The summed E-state index contributed by atoms with van der Waals surface area (Å²) in [5.41, 5.74) is 2.79. The topological polar surface area (TPSA) is 87.5 Å². The highest BCUT2D eigenvalue weighted by molar-refractivity contribution is 5.62. The molecule has 5 aromatic rings. The van der Waals surface area contributed by atoms with E-state index in [0.29, 0.717) is 40.7 Å². The molecule has 6 rings (SSSR count). The Hall–Kier alpha value is -4.35. The first-order chi connectivity index (χ1) is 16.8. The summed E-state index contributed by atoms with van der Waals surface area (Å²) < 4.78 is 62.5. The lowest BCUT2D eigenvalue weighted by atomic mass is 10.1. The van der Waals surface area contributed by atoms with Crippen LogP contribution in [-0.4, -0.2) is 34.7 Å². The molecule has 1 aliphatic rings. The molecule has 35 heavy (non-hydrogen) atoms. The van der Waals surface area contributed by atoms with Crippen LogP contribution in [-0.2, 0) is 19.0 Å². The molecule has 3 aromatic heterocycles. The van der Waals surface area contributed by atoms with E-state index in [2.05, 4.69) is 25.4 Å². The molecule has 0 unspecified atom stereocenters. The van der Waals surface area contributed by atoms with Crippen LogP contribution in [0.5, 0.6) is 0 Å². The second-order valence-corrected chi connectivity index (χ2v) is 8.13. The highest BCUT2D eigenvalue weighted by Gasteiger charge is 2.34. The third-order valence-corrected chi connectivity index (χ3v) is 5.85. The number of halogens is 4. The normalized spacial score (nSPS) is 12.7. The molecule has 1 aliphatic heterocycles. The molecule has 0 fully saturated rings. The molecule has 0 radical (unpaired) electrons. The Bertz CT molecular complexity index is 1560. The van der Waals surface area contributed by atoms with Crippen LogP contribution < -0.4 is 0 Å². The Balaban J connectivity index is 1.56. The van der Waals surface area contributed by atoms with Gasteiger partial charge in [-0.15, -0.1) is 5.10 Å². The highest BCUT2D eigenvalue weighted by Crippen LogP contribution is 2.37. The Labute approximate surface area is 194 Å². The van der Waals surface area contributed by atoms with Crippen molar-refractivity contribution in [1.29, 1.82) is 0 Å². The van der Waals surface area contributed by atoms with Crippen LogP contribution in [0.25, 0.3) is 23.0 Å². The van der Waals surface area contributed by atoms with Gasteiger partial charge in [-0.1, -0.05) is 22.5 Å². The third kappa shape index (κ3) is 3.57. The molecule has 0 bridgehead atoms. The van der Waals surface area contributed by atoms with Gasteiger partial charge in [0, 0.05) is 12.8 Å². The van der Waals surface area contributed by atoms with Crippen molar-refractivity contribution in [2.75, 3.05) is 0 Å². The predicted octanol–water partition coefficient (Wildman–Crippen LogP) is 4.46. The molecule has 0 aliphatic carbocycles. The van der Waals surface area contributed by atoms with Crippen molar-refractivity contribution in [2.24, 2.45) is 0 Å². The van der Waals surface area contributed by atoms with Crippen LogP contribution in [0.4, 0.5) is 17.6 Å². The average molecular weight is 481 g/mol. The van der Waals surface area contributed by atoms with Gasteiger partial charge in [0.1, 0.15) is 12.1 Å². The summed E-state index contributed by atoms with van der Waals surface area (Å²) in [5.74, 6) is 0.257. The van der Waals surface area contributed by atoms with Crippen LogP contribution in [0.1, 0.15) is 34.0 Å². The van der Waals surface area contributed by atoms with E-state index >= 15 is 0 Å². The number of benzene rings is 2. The van der Waals surface area contributed by atoms with E-state index in [9.17, 15) is 17.6 Å². The summed E-state index contributed by atoms with van der Waals surface area (Å²) in [6, 6.07) is 9.37. The first-order valence-corrected chi connectivity index (χ1v) is 10.5. The van der Waals surface area contributed by atoms with E-state index in [4.69, 9.17) is 4.52 Å². The highest BCUT2D eigenvalue weighted by atomic mass is 19.4. The summed E-state index contributed by atoms with van der Waals surface area (Å²) in [6.07, 6.45) is -2.48. The molecule has 0 N–H and O–H groups in total. The molecule has 2 aromatic carbocycles. The summed E-state index contributed by atoms with van der Waals surface area (Å²) in [5, 5.41) is 12.3. The van der Waals surface area contributed by atoms with E-state index in [-0.39, 0.29) is 23.8 Å². The monoisotopic (exact) mass is 481 g/mol. The van der Waals surface area contributed by atoms with Crippen molar-refractivity contribution in [3.05, 3.63) is 88.6 Å². The van der Waals surface area contributed by atoms with Crippen molar-refractivity contribution in [3.8, 4) is 23.0 Å². The standard InChI is InChI=1S/C23H15F4N7O/c1-12-29-22(35-31-12)21-20-10-18-16(8-13-2-5-15(24)6-3-13)30-32-34(18)19-9-14(23(25,26)27)4-7-17(19)33(20)11-28-21/h2-7,9,11H,8,10H2,1H3. The van der Waals surface area contributed by atoms with Gasteiger partial charge in [-0.2, -0.15) is 18.2 Å². The smallest absolute Gasteiger partial charge is 0.332 e.